The number of allylic oxidation sites excluding steroid dienone is 3. The maximum Gasteiger partial charge on any atom is 0.425 e. The molecule has 0 N–H and O–H groups in total. The Hall–Kier alpha value is -3.38. The zero-order chi connectivity index (χ0) is 27.8. The lowest BCUT2D eigenvalue weighted by Gasteiger charge is -2.37. The van der Waals surface area contributed by atoms with Crippen LogP contribution in [0.15, 0.2) is 60.4 Å². The van der Waals surface area contributed by atoms with E-state index in [1.54, 1.807) is 4.57 Å². The van der Waals surface area contributed by atoms with Crippen LogP contribution in [-0.4, -0.2) is 34.1 Å². The Bertz CT molecular complexity index is 1470. The molecule has 0 saturated carbocycles. The first-order valence-electron chi connectivity index (χ1n) is 15.0. The monoisotopic (exact) mass is 539 g/mol. The van der Waals surface area contributed by atoms with Gasteiger partial charge >= 0.3 is 6.09 Å². The number of carbonyl (C=O) groups is 1. The number of carbonyl (C=O) groups excluding carboxylic acids is 1. The summed E-state index contributed by atoms with van der Waals surface area (Å²) >= 11 is 0. The zero-order valence-electron chi connectivity index (χ0n) is 24.1. The summed E-state index contributed by atoms with van der Waals surface area (Å²) in [5.41, 5.74) is 5.04. The highest BCUT2D eigenvalue weighted by atomic mass is 16.6. The molecule has 3 atom stereocenters. The first kappa shape index (κ1) is 26.8. The topological polar surface area (TPSA) is 56.6 Å². The Labute approximate surface area is 237 Å². The Morgan fingerprint density at radius 1 is 1.18 bits per heavy atom. The molecule has 1 aliphatic carbocycles. The lowest BCUT2D eigenvalue weighted by Crippen LogP contribution is -2.33. The highest BCUT2D eigenvalue weighted by Crippen LogP contribution is 2.51. The number of ether oxygens (including phenoxy) is 2. The second kappa shape index (κ2) is 11.2. The van der Waals surface area contributed by atoms with Crippen molar-refractivity contribution in [3.8, 4) is 11.5 Å². The van der Waals surface area contributed by atoms with Crippen molar-refractivity contribution in [1.82, 2.24) is 14.5 Å². The maximum atomic E-state index is 14.2. The molecule has 210 valence electrons. The lowest BCUT2D eigenvalue weighted by atomic mass is 9.74. The number of benzene rings is 2. The molecule has 0 bridgehead atoms. The average Bonchev–Trinajstić information content (AvgIpc) is 3.32. The van der Waals surface area contributed by atoms with Gasteiger partial charge in [0.15, 0.2) is 0 Å². The van der Waals surface area contributed by atoms with Crippen molar-refractivity contribution in [3.05, 3.63) is 77.3 Å². The number of aryl methyl sites for hydroxylation is 1. The quantitative estimate of drug-likeness (QED) is 0.233. The molecule has 6 nitrogen and oxygen atoms in total. The van der Waals surface area contributed by atoms with Crippen LogP contribution in [0.3, 0.4) is 0 Å². The van der Waals surface area contributed by atoms with Gasteiger partial charge in [0, 0.05) is 17.4 Å². The highest BCUT2D eigenvalue weighted by molar-refractivity contribution is 5.89. The molecule has 6 rings (SSSR count). The van der Waals surface area contributed by atoms with Gasteiger partial charge in [-0.1, -0.05) is 56.5 Å². The fourth-order valence-electron chi connectivity index (χ4n) is 6.81. The second-order valence-corrected chi connectivity index (χ2v) is 11.9. The van der Waals surface area contributed by atoms with Gasteiger partial charge < -0.3 is 9.47 Å². The molecule has 1 aromatic heterocycles. The minimum atomic E-state index is -0.409. The van der Waals surface area contributed by atoms with Crippen LogP contribution >= 0.6 is 0 Å². The third-order valence-corrected chi connectivity index (χ3v) is 9.00. The van der Waals surface area contributed by atoms with Gasteiger partial charge in [-0.3, -0.25) is 4.90 Å². The summed E-state index contributed by atoms with van der Waals surface area (Å²) in [4.78, 5) is 21.5. The second-order valence-electron chi connectivity index (χ2n) is 11.9. The molecule has 2 aromatic carbocycles. The largest absolute Gasteiger partial charge is 0.462 e. The molecular weight excluding hydrogens is 498 g/mol. The van der Waals surface area contributed by atoms with Gasteiger partial charge in [-0.2, -0.15) is 0 Å². The Morgan fingerprint density at radius 3 is 2.85 bits per heavy atom. The summed E-state index contributed by atoms with van der Waals surface area (Å²) in [7, 11) is 2.12. The molecule has 1 fully saturated rings. The van der Waals surface area contributed by atoms with E-state index in [2.05, 4.69) is 50.6 Å². The van der Waals surface area contributed by atoms with Gasteiger partial charge in [-0.15, -0.1) is 0 Å². The van der Waals surface area contributed by atoms with Crippen LogP contribution in [0.25, 0.3) is 11.0 Å². The number of nitrogens with zero attached hydrogens (tertiary/aromatic N) is 3. The molecule has 6 heteroatoms. The third kappa shape index (κ3) is 4.98. The standard InChI is InChI=1S/C34H41N3O3/c1-5-6-7-12-24-20-30-32(26-19-22(2)16-17-25(26)23(3)39-30)31(21-24)40-34(38)37-28-14-9-8-13-27(28)35-33(37)29-15-10-11-18-36(29)4/h8-9,13-14,19-21,25-26,29H,3,5-7,10-12,15-18H2,1-2,4H3. The van der Waals surface area contributed by atoms with E-state index in [1.807, 2.05) is 24.3 Å². The number of para-hydroxylation sites is 2. The van der Waals surface area contributed by atoms with Gasteiger partial charge in [0.2, 0.25) is 0 Å². The van der Waals surface area contributed by atoms with Crippen molar-refractivity contribution in [2.24, 2.45) is 5.92 Å². The maximum absolute atomic E-state index is 14.2. The molecule has 3 aliphatic rings. The van der Waals surface area contributed by atoms with Gasteiger partial charge in [0.05, 0.1) is 17.1 Å². The number of hydrogen-bond donors (Lipinski definition) is 0. The number of rotatable bonds is 6. The van der Waals surface area contributed by atoms with Crippen LogP contribution in [0.4, 0.5) is 4.79 Å². The molecule has 3 aromatic rings. The van der Waals surface area contributed by atoms with Gasteiger partial charge in [0.1, 0.15) is 23.1 Å². The van der Waals surface area contributed by atoms with Crippen LogP contribution in [0, 0.1) is 5.92 Å². The molecule has 0 amide bonds. The Kier molecular flexibility index (Phi) is 7.54. The number of hydrogen-bond acceptors (Lipinski definition) is 5. The van der Waals surface area contributed by atoms with E-state index < -0.39 is 6.09 Å². The number of fused-ring (bicyclic) bond motifs is 4. The summed E-state index contributed by atoms with van der Waals surface area (Å²) in [5.74, 6) is 3.21. The first-order valence-corrected chi connectivity index (χ1v) is 15.0. The van der Waals surface area contributed by atoms with E-state index in [0.717, 1.165) is 104 Å². The fraction of sp³-hybridized carbons (Fsp3) is 0.471. The fourth-order valence-corrected chi connectivity index (χ4v) is 6.81. The molecule has 2 aliphatic heterocycles. The van der Waals surface area contributed by atoms with E-state index in [0.29, 0.717) is 5.75 Å². The number of imidazole rings is 1. The van der Waals surface area contributed by atoms with Crippen LogP contribution in [-0.2, 0) is 6.42 Å². The number of aromatic nitrogens is 2. The smallest absolute Gasteiger partial charge is 0.425 e. The minimum Gasteiger partial charge on any atom is -0.462 e. The molecule has 3 heterocycles. The lowest BCUT2D eigenvalue weighted by molar-refractivity contribution is 0.170. The summed E-state index contributed by atoms with van der Waals surface area (Å²) in [6.45, 7) is 9.67. The zero-order valence-corrected chi connectivity index (χ0v) is 24.1. The summed E-state index contributed by atoms with van der Waals surface area (Å²) in [5, 5.41) is 0. The normalized spacial score (nSPS) is 22.8. The molecular formula is C34H41N3O3. The van der Waals surface area contributed by atoms with Crippen LogP contribution in [0.1, 0.15) is 94.1 Å². The van der Waals surface area contributed by atoms with Crippen molar-refractivity contribution in [3.63, 3.8) is 0 Å². The number of likely N-dealkylation sites (tertiary alicyclic amines) is 1. The van der Waals surface area contributed by atoms with E-state index in [4.69, 9.17) is 14.5 Å². The summed E-state index contributed by atoms with van der Waals surface area (Å²) < 4.78 is 14.5. The van der Waals surface area contributed by atoms with Crippen molar-refractivity contribution >= 4 is 17.1 Å². The van der Waals surface area contributed by atoms with Crippen LogP contribution in [0.5, 0.6) is 11.5 Å². The molecule has 1 saturated heterocycles. The van der Waals surface area contributed by atoms with E-state index in [1.165, 1.54) is 5.57 Å². The van der Waals surface area contributed by atoms with Crippen molar-refractivity contribution in [2.75, 3.05) is 13.6 Å². The van der Waals surface area contributed by atoms with Crippen molar-refractivity contribution in [1.29, 1.82) is 0 Å². The predicted octanol–water partition coefficient (Wildman–Crippen LogP) is 8.32. The first-order chi connectivity index (χ1) is 19.4. The van der Waals surface area contributed by atoms with Gasteiger partial charge in [0.25, 0.3) is 0 Å². The highest BCUT2D eigenvalue weighted by Gasteiger charge is 2.38. The van der Waals surface area contributed by atoms with Crippen LogP contribution < -0.4 is 9.47 Å². The molecule has 40 heavy (non-hydrogen) atoms. The molecule has 3 unspecified atom stereocenters. The van der Waals surface area contributed by atoms with Gasteiger partial charge in [-0.05, 0) is 88.9 Å². The molecule has 0 spiro atoms. The minimum absolute atomic E-state index is 0.0722. The predicted molar refractivity (Wildman–Crippen MR) is 159 cm³/mol. The SMILES string of the molecule is C=C1Oc2cc(CCCCC)cc(OC(=O)n3c(C4CCCCN4C)nc4ccccc43)c2C2C=C(C)CCC12. The van der Waals surface area contributed by atoms with E-state index in [-0.39, 0.29) is 17.9 Å². The van der Waals surface area contributed by atoms with Gasteiger partial charge in [-0.25, -0.2) is 14.3 Å². The summed E-state index contributed by atoms with van der Waals surface area (Å²) in [6.07, 6.45) is 11.5. The van der Waals surface area contributed by atoms with E-state index >= 15 is 0 Å². The van der Waals surface area contributed by atoms with E-state index in [9.17, 15) is 4.79 Å². The Balaban J connectivity index is 1.44. The van der Waals surface area contributed by atoms with Crippen molar-refractivity contribution in [2.45, 2.75) is 83.6 Å². The molecule has 0 radical (unpaired) electrons. The third-order valence-electron chi connectivity index (χ3n) is 9.00. The number of unbranched alkanes of at least 4 members (excludes halogenated alkanes) is 2. The average molecular weight is 540 g/mol. The van der Waals surface area contributed by atoms with Crippen LogP contribution in [0.2, 0.25) is 0 Å². The number of piperidine rings is 1. The summed E-state index contributed by atoms with van der Waals surface area (Å²) in [6, 6.07) is 12.1. The Morgan fingerprint density at radius 2 is 2.02 bits per heavy atom. The van der Waals surface area contributed by atoms with Crippen molar-refractivity contribution < 1.29 is 14.3 Å².